The highest BCUT2D eigenvalue weighted by Gasteiger charge is 2.02. The minimum absolute atomic E-state index is 0.442. The third-order valence-electron chi connectivity index (χ3n) is 2.26. The zero-order chi connectivity index (χ0) is 9.97. The van der Waals surface area contributed by atoms with E-state index in [-0.39, 0.29) is 0 Å². The first-order valence-corrected chi connectivity index (χ1v) is 4.80. The Labute approximate surface area is 87.3 Å². The molecule has 0 unspecified atom stereocenters. The Bertz CT molecular complexity index is 477. The second kappa shape index (κ2) is 3.81. The lowest BCUT2D eigenvalue weighted by Crippen LogP contribution is -1.87. The van der Waals surface area contributed by atoms with E-state index in [1.54, 1.807) is 0 Å². The van der Waals surface area contributed by atoms with Crippen LogP contribution in [0.4, 0.5) is 0 Å². The molecule has 0 atom stereocenters. The number of rotatable bonds is 2. The quantitative estimate of drug-likeness (QED) is 0.687. The van der Waals surface area contributed by atoms with Crippen LogP contribution >= 0.6 is 11.6 Å². The van der Waals surface area contributed by atoms with Crippen LogP contribution in [0.25, 0.3) is 10.8 Å². The molecule has 70 valence electrons. The van der Waals surface area contributed by atoms with Crippen molar-refractivity contribution < 1.29 is 4.79 Å². The van der Waals surface area contributed by atoms with Crippen molar-refractivity contribution in [3.63, 3.8) is 0 Å². The molecule has 0 saturated heterocycles. The summed E-state index contributed by atoms with van der Waals surface area (Å²) in [6.07, 6.45) is 1.35. The number of carbonyl (C=O) groups excluding carboxylic acids is 1. The third-order valence-corrected chi connectivity index (χ3v) is 2.59. The second-order valence-corrected chi connectivity index (χ2v) is 3.53. The topological polar surface area (TPSA) is 17.1 Å². The smallest absolute Gasteiger partial charge is 0.124 e. The first kappa shape index (κ1) is 9.22. The lowest BCUT2D eigenvalue weighted by molar-refractivity contribution is -0.107. The highest BCUT2D eigenvalue weighted by molar-refractivity contribution is 6.35. The first-order valence-electron chi connectivity index (χ1n) is 4.42. The molecule has 0 aliphatic rings. The van der Waals surface area contributed by atoms with E-state index in [2.05, 4.69) is 0 Å². The molecule has 0 heterocycles. The maximum atomic E-state index is 10.5. The summed E-state index contributed by atoms with van der Waals surface area (Å²) in [6, 6.07) is 11.6. The highest BCUT2D eigenvalue weighted by atomic mass is 35.5. The van der Waals surface area contributed by atoms with Gasteiger partial charge in [0.1, 0.15) is 6.29 Å². The molecule has 0 N–H and O–H groups in total. The van der Waals surface area contributed by atoms with Crippen molar-refractivity contribution in [3.8, 4) is 0 Å². The van der Waals surface area contributed by atoms with E-state index in [1.807, 2.05) is 36.4 Å². The highest BCUT2D eigenvalue weighted by Crippen LogP contribution is 2.25. The number of hydrogen-bond donors (Lipinski definition) is 0. The average Bonchev–Trinajstić information content (AvgIpc) is 2.20. The summed E-state index contributed by atoms with van der Waals surface area (Å²) < 4.78 is 0. The van der Waals surface area contributed by atoms with E-state index in [4.69, 9.17) is 11.6 Å². The van der Waals surface area contributed by atoms with Crippen molar-refractivity contribution in [1.82, 2.24) is 0 Å². The third kappa shape index (κ3) is 1.51. The minimum Gasteiger partial charge on any atom is -0.303 e. The van der Waals surface area contributed by atoms with E-state index in [0.29, 0.717) is 6.42 Å². The van der Waals surface area contributed by atoms with Crippen LogP contribution in [-0.2, 0) is 11.2 Å². The molecule has 0 aromatic heterocycles. The van der Waals surface area contributed by atoms with Gasteiger partial charge in [0.2, 0.25) is 0 Å². The average molecular weight is 205 g/mol. The summed E-state index contributed by atoms with van der Waals surface area (Å²) in [6.45, 7) is 0. The Balaban J connectivity index is 2.74. The fourth-order valence-electron chi connectivity index (χ4n) is 1.60. The van der Waals surface area contributed by atoms with Gasteiger partial charge < -0.3 is 4.79 Å². The van der Waals surface area contributed by atoms with E-state index in [1.165, 1.54) is 0 Å². The van der Waals surface area contributed by atoms with Crippen molar-refractivity contribution in [2.45, 2.75) is 6.42 Å². The summed E-state index contributed by atoms with van der Waals surface area (Å²) in [5.41, 5.74) is 1.03. The summed E-state index contributed by atoms with van der Waals surface area (Å²) >= 11 is 6.04. The number of fused-ring (bicyclic) bond motifs is 1. The monoisotopic (exact) mass is 204 g/mol. The van der Waals surface area contributed by atoms with Crippen molar-refractivity contribution in [2.75, 3.05) is 0 Å². The number of halogens is 1. The van der Waals surface area contributed by atoms with E-state index >= 15 is 0 Å². The van der Waals surface area contributed by atoms with Crippen LogP contribution in [0, 0.1) is 0 Å². The largest absolute Gasteiger partial charge is 0.303 e. The van der Waals surface area contributed by atoms with Gasteiger partial charge in [-0.1, -0.05) is 41.9 Å². The predicted molar refractivity (Wildman–Crippen MR) is 58.7 cm³/mol. The summed E-state index contributed by atoms with van der Waals surface area (Å²) in [5, 5.41) is 2.80. The van der Waals surface area contributed by atoms with Crippen molar-refractivity contribution >= 4 is 28.7 Å². The Kier molecular flexibility index (Phi) is 2.51. The van der Waals surface area contributed by atoms with E-state index < -0.39 is 0 Å². The van der Waals surface area contributed by atoms with Gasteiger partial charge in [-0.05, 0) is 17.0 Å². The lowest BCUT2D eigenvalue weighted by Gasteiger charge is -2.04. The molecule has 0 aliphatic carbocycles. The summed E-state index contributed by atoms with van der Waals surface area (Å²) in [5.74, 6) is 0. The molecule has 2 heteroatoms. The van der Waals surface area contributed by atoms with Gasteiger partial charge in [-0.25, -0.2) is 0 Å². The molecule has 2 aromatic rings. The minimum atomic E-state index is 0.442. The molecule has 2 rings (SSSR count). The number of hydrogen-bond acceptors (Lipinski definition) is 1. The Hall–Kier alpha value is -1.34. The maximum absolute atomic E-state index is 10.5. The normalized spacial score (nSPS) is 10.4. The van der Waals surface area contributed by atoms with E-state index in [9.17, 15) is 4.79 Å². The Morgan fingerprint density at radius 2 is 1.79 bits per heavy atom. The van der Waals surface area contributed by atoms with Crippen molar-refractivity contribution in [2.24, 2.45) is 0 Å². The first-order chi connectivity index (χ1) is 6.83. The molecule has 1 nitrogen and oxygen atoms in total. The molecule has 0 bridgehead atoms. The molecule has 0 fully saturated rings. The summed E-state index contributed by atoms with van der Waals surface area (Å²) in [4.78, 5) is 10.5. The molecule has 14 heavy (non-hydrogen) atoms. The van der Waals surface area contributed by atoms with Crippen LogP contribution < -0.4 is 0 Å². The van der Waals surface area contributed by atoms with Gasteiger partial charge in [-0.15, -0.1) is 0 Å². The van der Waals surface area contributed by atoms with Gasteiger partial charge in [0.15, 0.2) is 0 Å². The lowest BCUT2D eigenvalue weighted by atomic mass is 10.0. The zero-order valence-electron chi connectivity index (χ0n) is 7.53. The van der Waals surface area contributed by atoms with E-state index in [0.717, 1.165) is 27.6 Å². The van der Waals surface area contributed by atoms with Gasteiger partial charge in [0.25, 0.3) is 0 Å². The van der Waals surface area contributed by atoms with Crippen LogP contribution in [0.5, 0.6) is 0 Å². The van der Waals surface area contributed by atoms with Gasteiger partial charge in [-0.2, -0.15) is 0 Å². The summed E-state index contributed by atoms with van der Waals surface area (Å²) in [7, 11) is 0. The van der Waals surface area contributed by atoms with Gasteiger partial charge >= 0.3 is 0 Å². The molecule has 0 saturated carbocycles. The van der Waals surface area contributed by atoms with Crippen molar-refractivity contribution in [3.05, 3.63) is 47.0 Å². The van der Waals surface area contributed by atoms with Crippen LogP contribution in [0.1, 0.15) is 5.56 Å². The molecule has 0 radical (unpaired) electrons. The molecule has 0 aliphatic heterocycles. The van der Waals surface area contributed by atoms with Crippen LogP contribution in [-0.4, -0.2) is 6.29 Å². The van der Waals surface area contributed by atoms with Crippen LogP contribution in [0.15, 0.2) is 36.4 Å². The van der Waals surface area contributed by atoms with Crippen molar-refractivity contribution in [1.29, 1.82) is 0 Å². The standard InChI is InChI=1S/C12H9ClO/c13-12-6-2-4-10-9(7-8-14)3-1-5-11(10)12/h1-6,8H,7H2. The van der Waals surface area contributed by atoms with Gasteiger partial charge in [-0.3, -0.25) is 0 Å². The fourth-order valence-corrected chi connectivity index (χ4v) is 1.84. The molecular weight excluding hydrogens is 196 g/mol. The zero-order valence-corrected chi connectivity index (χ0v) is 8.29. The second-order valence-electron chi connectivity index (χ2n) is 3.12. The Morgan fingerprint density at radius 1 is 1.07 bits per heavy atom. The van der Waals surface area contributed by atoms with Gasteiger partial charge in [0, 0.05) is 16.8 Å². The number of carbonyl (C=O) groups is 1. The van der Waals surface area contributed by atoms with Crippen LogP contribution in [0.3, 0.4) is 0 Å². The molecule has 0 spiro atoms. The maximum Gasteiger partial charge on any atom is 0.124 e. The predicted octanol–water partition coefficient (Wildman–Crippen LogP) is 3.23. The fraction of sp³-hybridized carbons (Fsp3) is 0.0833. The molecule has 2 aromatic carbocycles. The Morgan fingerprint density at radius 3 is 2.57 bits per heavy atom. The van der Waals surface area contributed by atoms with Gasteiger partial charge in [0.05, 0.1) is 0 Å². The number of aldehydes is 1. The molecular formula is C12H9ClO. The molecule has 0 amide bonds. The SMILES string of the molecule is O=CCc1cccc2c(Cl)cccc12. The van der Waals surface area contributed by atoms with Crippen LogP contribution in [0.2, 0.25) is 5.02 Å². The number of benzene rings is 2.